The minimum atomic E-state index is 0.131. The zero-order chi connectivity index (χ0) is 27.5. The standard InChI is InChI=1S/C29H27Br.C8H12/c1-29(2,3)28-7-5-4-6-27(28)25-14-10-22(11-15-25)20-21-8-12-23(13-9-21)24-16-18-26(30)19-17-24;1-4-6-8(3)7-5-2/h4-19H,20H2,1-3H3;4-7H,1H2,2-3H3/b;7-5-,8-6-. The number of rotatable bonds is 6. The van der Waals surface area contributed by atoms with Crippen LogP contribution in [0.3, 0.4) is 0 Å². The molecule has 38 heavy (non-hydrogen) atoms. The van der Waals surface area contributed by atoms with E-state index < -0.39 is 0 Å². The predicted molar refractivity (Wildman–Crippen MR) is 172 cm³/mol. The highest BCUT2D eigenvalue weighted by molar-refractivity contribution is 9.10. The number of benzene rings is 4. The van der Waals surface area contributed by atoms with Gasteiger partial charge in [-0.1, -0.05) is 158 Å². The van der Waals surface area contributed by atoms with Crippen LogP contribution >= 0.6 is 15.9 Å². The molecular formula is C37H39Br. The van der Waals surface area contributed by atoms with E-state index in [1.54, 1.807) is 6.08 Å². The smallest absolute Gasteiger partial charge is 0.0175 e. The molecule has 0 nitrogen and oxygen atoms in total. The topological polar surface area (TPSA) is 0 Å². The minimum Gasteiger partial charge on any atom is -0.0991 e. The lowest BCUT2D eigenvalue weighted by molar-refractivity contribution is 0.592. The van der Waals surface area contributed by atoms with Gasteiger partial charge in [0.1, 0.15) is 0 Å². The van der Waals surface area contributed by atoms with Gasteiger partial charge in [-0.25, -0.2) is 0 Å². The van der Waals surface area contributed by atoms with Crippen LogP contribution in [-0.2, 0) is 11.8 Å². The van der Waals surface area contributed by atoms with Crippen molar-refractivity contribution in [1.82, 2.24) is 0 Å². The molecule has 0 heterocycles. The Morgan fingerprint density at radius 2 is 1.24 bits per heavy atom. The number of hydrogen-bond acceptors (Lipinski definition) is 0. The highest BCUT2D eigenvalue weighted by Gasteiger charge is 2.18. The summed E-state index contributed by atoms with van der Waals surface area (Å²) in [4.78, 5) is 0. The fraction of sp³-hybridized carbons (Fsp3) is 0.189. The Morgan fingerprint density at radius 1 is 0.737 bits per heavy atom. The molecule has 1 heteroatoms. The van der Waals surface area contributed by atoms with E-state index >= 15 is 0 Å². The van der Waals surface area contributed by atoms with Crippen molar-refractivity contribution in [2.24, 2.45) is 0 Å². The van der Waals surface area contributed by atoms with Gasteiger partial charge in [0.2, 0.25) is 0 Å². The normalized spacial score (nSPS) is 11.7. The average Bonchev–Trinajstić information content (AvgIpc) is 2.90. The molecule has 0 spiro atoms. The van der Waals surface area contributed by atoms with E-state index in [9.17, 15) is 0 Å². The average molecular weight is 564 g/mol. The maximum absolute atomic E-state index is 3.57. The molecule has 4 aromatic rings. The molecule has 0 saturated heterocycles. The third-order valence-corrected chi connectivity index (χ3v) is 6.88. The van der Waals surface area contributed by atoms with Crippen molar-refractivity contribution in [2.45, 2.75) is 46.5 Å². The monoisotopic (exact) mass is 562 g/mol. The first-order chi connectivity index (χ1) is 18.2. The van der Waals surface area contributed by atoms with Gasteiger partial charge in [0.25, 0.3) is 0 Å². The van der Waals surface area contributed by atoms with Crippen molar-refractivity contribution in [3.05, 3.63) is 155 Å². The maximum atomic E-state index is 3.57. The second-order valence-electron chi connectivity index (χ2n) is 10.5. The second-order valence-corrected chi connectivity index (χ2v) is 11.4. The first-order valence-corrected chi connectivity index (χ1v) is 14.0. The zero-order valence-electron chi connectivity index (χ0n) is 23.3. The summed E-state index contributed by atoms with van der Waals surface area (Å²) in [6.45, 7) is 14.4. The largest absolute Gasteiger partial charge is 0.0991 e. The zero-order valence-corrected chi connectivity index (χ0v) is 24.9. The molecule has 0 bridgehead atoms. The van der Waals surface area contributed by atoms with E-state index in [-0.39, 0.29) is 5.41 Å². The molecule has 0 atom stereocenters. The molecule has 0 N–H and O–H groups in total. The van der Waals surface area contributed by atoms with Gasteiger partial charge in [0, 0.05) is 4.47 Å². The summed E-state index contributed by atoms with van der Waals surface area (Å²) < 4.78 is 1.11. The molecule has 0 aliphatic carbocycles. The summed E-state index contributed by atoms with van der Waals surface area (Å²) in [5.41, 5.74) is 10.5. The molecule has 194 valence electrons. The highest BCUT2D eigenvalue weighted by Crippen LogP contribution is 2.33. The van der Waals surface area contributed by atoms with Gasteiger partial charge in [-0.3, -0.25) is 0 Å². The Bertz CT molecular complexity index is 1360. The second kappa shape index (κ2) is 13.9. The summed E-state index contributed by atoms with van der Waals surface area (Å²) in [6.07, 6.45) is 8.76. The Morgan fingerprint density at radius 3 is 1.74 bits per heavy atom. The van der Waals surface area contributed by atoms with Gasteiger partial charge in [-0.05, 0) is 76.8 Å². The first-order valence-electron chi connectivity index (χ1n) is 13.2. The summed E-state index contributed by atoms with van der Waals surface area (Å²) in [5.74, 6) is 0. The van der Waals surface area contributed by atoms with Crippen molar-refractivity contribution in [2.75, 3.05) is 0 Å². The number of hydrogen-bond donors (Lipinski definition) is 0. The quantitative estimate of drug-likeness (QED) is 0.205. The Hall–Kier alpha value is -3.42. The molecule has 0 unspecified atom stereocenters. The molecule has 0 aliphatic rings. The van der Waals surface area contributed by atoms with Gasteiger partial charge < -0.3 is 0 Å². The van der Waals surface area contributed by atoms with Crippen molar-refractivity contribution in [3.63, 3.8) is 0 Å². The van der Waals surface area contributed by atoms with Crippen LogP contribution in [0.15, 0.2) is 138 Å². The molecule has 0 radical (unpaired) electrons. The summed E-state index contributed by atoms with van der Waals surface area (Å²) in [7, 11) is 0. The summed E-state index contributed by atoms with van der Waals surface area (Å²) in [6, 6.07) is 35.2. The third kappa shape index (κ3) is 8.57. The lowest BCUT2D eigenvalue weighted by Crippen LogP contribution is -2.12. The van der Waals surface area contributed by atoms with Crippen molar-refractivity contribution in [3.8, 4) is 22.3 Å². The van der Waals surface area contributed by atoms with E-state index in [0.29, 0.717) is 0 Å². The van der Waals surface area contributed by atoms with E-state index in [4.69, 9.17) is 0 Å². The fourth-order valence-corrected chi connectivity index (χ4v) is 4.65. The summed E-state index contributed by atoms with van der Waals surface area (Å²) in [5, 5.41) is 0. The van der Waals surface area contributed by atoms with E-state index in [0.717, 1.165) is 10.9 Å². The molecule has 0 fully saturated rings. The Balaban J connectivity index is 0.000000436. The van der Waals surface area contributed by atoms with E-state index in [1.807, 2.05) is 32.1 Å². The van der Waals surface area contributed by atoms with E-state index in [1.165, 1.54) is 44.5 Å². The Labute approximate surface area is 238 Å². The van der Waals surface area contributed by atoms with Crippen LogP contribution in [0.1, 0.15) is 51.3 Å². The lowest BCUT2D eigenvalue weighted by atomic mass is 9.82. The highest BCUT2D eigenvalue weighted by atomic mass is 79.9. The first kappa shape index (κ1) is 29.1. The van der Waals surface area contributed by atoms with Crippen LogP contribution in [0.4, 0.5) is 0 Å². The maximum Gasteiger partial charge on any atom is 0.0175 e. The van der Waals surface area contributed by atoms with Crippen LogP contribution in [0, 0.1) is 0 Å². The van der Waals surface area contributed by atoms with Gasteiger partial charge in [-0.15, -0.1) is 0 Å². The van der Waals surface area contributed by atoms with Gasteiger partial charge >= 0.3 is 0 Å². The SMILES string of the molecule is C=C/C=C(C)\C=C/C.CC(C)(C)c1ccccc1-c1ccc(Cc2ccc(-c3ccc(Br)cc3)cc2)cc1. The molecule has 0 amide bonds. The van der Waals surface area contributed by atoms with Crippen LogP contribution in [0.2, 0.25) is 0 Å². The van der Waals surface area contributed by atoms with Crippen LogP contribution in [0.25, 0.3) is 22.3 Å². The lowest BCUT2D eigenvalue weighted by Gasteiger charge is -2.23. The fourth-order valence-electron chi connectivity index (χ4n) is 4.39. The van der Waals surface area contributed by atoms with Crippen LogP contribution < -0.4 is 0 Å². The van der Waals surface area contributed by atoms with E-state index in [2.05, 4.69) is 140 Å². The van der Waals surface area contributed by atoms with Gasteiger partial charge in [-0.2, -0.15) is 0 Å². The van der Waals surface area contributed by atoms with Crippen molar-refractivity contribution in [1.29, 1.82) is 0 Å². The van der Waals surface area contributed by atoms with Crippen LogP contribution in [0.5, 0.6) is 0 Å². The third-order valence-electron chi connectivity index (χ3n) is 6.35. The number of allylic oxidation sites excluding steroid dienone is 5. The van der Waals surface area contributed by atoms with Gasteiger partial charge in [0.15, 0.2) is 0 Å². The van der Waals surface area contributed by atoms with Crippen molar-refractivity contribution < 1.29 is 0 Å². The molecule has 0 aliphatic heterocycles. The molecule has 4 aromatic carbocycles. The van der Waals surface area contributed by atoms with Crippen molar-refractivity contribution >= 4 is 15.9 Å². The molecule has 4 rings (SSSR count). The van der Waals surface area contributed by atoms with Crippen LogP contribution in [-0.4, -0.2) is 0 Å². The predicted octanol–water partition coefficient (Wildman–Crippen LogP) is 11.4. The summed E-state index contributed by atoms with van der Waals surface area (Å²) >= 11 is 3.50. The number of halogens is 1. The molecule has 0 saturated carbocycles. The minimum absolute atomic E-state index is 0.131. The Kier molecular flexibility index (Phi) is 10.7. The molecular weight excluding hydrogens is 524 g/mol. The van der Waals surface area contributed by atoms with Gasteiger partial charge in [0.05, 0.1) is 0 Å². The molecule has 0 aromatic heterocycles.